The van der Waals surface area contributed by atoms with Crippen LogP contribution in [0.15, 0.2) is 4.79 Å². The monoisotopic (exact) mass is 259 g/mol. The van der Waals surface area contributed by atoms with Gasteiger partial charge in [-0.05, 0) is 0 Å². The average Bonchev–Trinajstić information content (AvgIpc) is 2.28. The molecule has 0 amide bonds. The van der Waals surface area contributed by atoms with E-state index in [1.165, 1.54) is 18.7 Å². The van der Waals surface area contributed by atoms with Crippen LogP contribution in [0.2, 0.25) is 0 Å². The highest BCUT2D eigenvalue weighted by molar-refractivity contribution is 6.67. The summed E-state index contributed by atoms with van der Waals surface area (Å²) in [6.45, 7) is -0.165. The molecule has 0 fully saturated rings. The van der Waals surface area contributed by atoms with E-state index in [0.29, 0.717) is 0 Å². The number of rotatable bonds is 2. The Kier molecular flexibility index (Phi) is 3.34. The molecule has 0 spiro atoms. The minimum Gasteiger partial charge on any atom is -0.459 e. The summed E-state index contributed by atoms with van der Waals surface area (Å²) in [5.41, 5.74) is -0.302. The maximum absolute atomic E-state index is 11.2. The topological polar surface area (TPSA) is 49.0 Å². The molecule has 0 atom stereocenters. The van der Waals surface area contributed by atoms with Crippen LogP contribution in [0.4, 0.5) is 0 Å². The van der Waals surface area contributed by atoms with E-state index in [-0.39, 0.29) is 18.3 Å². The third kappa shape index (κ3) is 2.80. The van der Waals surface area contributed by atoms with Crippen LogP contribution in [-0.2, 0) is 14.1 Å². The van der Waals surface area contributed by atoms with Crippen molar-refractivity contribution >= 4 is 34.8 Å². The average molecular weight is 261 g/mol. The SMILES string of the molecule is Cn1nc(OCC(Cl)(Cl)Cl)n(C)c1=O. The van der Waals surface area contributed by atoms with Crippen LogP contribution in [-0.4, -0.2) is 24.7 Å². The number of alkyl halides is 3. The zero-order valence-electron chi connectivity index (χ0n) is 7.50. The molecule has 0 aliphatic heterocycles. The smallest absolute Gasteiger partial charge is 0.348 e. The Balaban J connectivity index is 2.79. The van der Waals surface area contributed by atoms with Crippen LogP contribution >= 0.6 is 34.8 Å². The lowest BCUT2D eigenvalue weighted by atomic mass is 10.8. The van der Waals surface area contributed by atoms with E-state index in [1.54, 1.807) is 0 Å². The van der Waals surface area contributed by atoms with Crippen LogP contribution in [0, 0.1) is 0 Å². The second kappa shape index (κ2) is 4.00. The molecule has 0 aliphatic carbocycles. The van der Waals surface area contributed by atoms with E-state index in [1.807, 2.05) is 0 Å². The fraction of sp³-hybridized carbons (Fsp3) is 0.667. The molecule has 1 aromatic rings. The number of halogens is 3. The van der Waals surface area contributed by atoms with Gasteiger partial charge in [-0.3, -0.25) is 0 Å². The van der Waals surface area contributed by atoms with Crippen molar-refractivity contribution in [3.8, 4) is 6.01 Å². The first-order valence-corrected chi connectivity index (χ1v) is 4.74. The van der Waals surface area contributed by atoms with Gasteiger partial charge in [0, 0.05) is 14.1 Å². The molecule has 0 bridgehead atoms. The van der Waals surface area contributed by atoms with Crippen molar-refractivity contribution in [2.75, 3.05) is 6.61 Å². The molecule has 1 aromatic heterocycles. The van der Waals surface area contributed by atoms with Crippen molar-refractivity contribution in [1.29, 1.82) is 0 Å². The third-order valence-electron chi connectivity index (χ3n) is 1.45. The van der Waals surface area contributed by atoms with E-state index in [4.69, 9.17) is 39.5 Å². The van der Waals surface area contributed by atoms with Gasteiger partial charge in [-0.25, -0.2) is 14.0 Å². The first kappa shape index (κ1) is 11.7. The molecule has 5 nitrogen and oxygen atoms in total. The number of hydrogen-bond acceptors (Lipinski definition) is 3. The molecule has 1 rings (SSSR count). The second-order valence-corrected chi connectivity index (χ2v) is 5.17. The lowest BCUT2D eigenvalue weighted by Crippen LogP contribution is -2.21. The lowest BCUT2D eigenvalue weighted by Gasteiger charge is -2.10. The highest BCUT2D eigenvalue weighted by atomic mass is 35.6. The van der Waals surface area contributed by atoms with Gasteiger partial charge in [-0.15, -0.1) is 5.10 Å². The standard InChI is InChI=1S/C6H8Cl3N3O2/c1-11-4(10-12(2)5(11)13)14-3-6(7,8)9/h3H2,1-2H3. The number of aromatic nitrogens is 3. The summed E-state index contributed by atoms with van der Waals surface area (Å²) in [7, 11) is 3.02. The number of aryl methyl sites for hydroxylation is 1. The maximum atomic E-state index is 11.2. The third-order valence-corrected chi connectivity index (χ3v) is 1.78. The largest absolute Gasteiger partial charge is 0.459 e. The number of ether oxygens (including phenoxy) is 1. The number of nitrogens with zero attached hydrogens (tertiary/aromatic N) is 3. The highest BCUT2D eigenvalue weighted by Crippen LogP contribution is 2.26. The molecular formula is C6H8Cl3N3O2. The summed E-state index contributed by atoms with van der Waals surface area (Å²) in [6.07, 6.45) is 0. The van der Waals surface area contributed by atoms with E-state index >= 15 is 0 Å². The molecule has 0 N–H and O–H groups in total. The molecule has 0 radical (unpaired) electrons. The van der Waals surface area contributed by atoms with E-state index in [2.05, 4.69) is 5.10 Å². The molecule has 0 aromatic carbocycles. The molecule has 0 unspecified atom stereocenters. The van der Waals surface area contributed by atoms with Crippen LogP contribution < -0.4 is 10.4 Å². The van der Waals surface area contributed by atoms with Gasteiger partial charge in [0.15, 0.2) is 0 Å². The zero-order valence-corrected chi connectivity index (χ0v) is 9.77. The summed E-state index contributed by atoms with van der Waals surface area (Å²) in [5.74, 6) is 0. The van der Waals surface area contributed by atoms with Gasteiger partial charge < -0.3 is 4.74 Å². The van der Waals surface area contributed by atoms with Crippen LogP contribution in [0.5, 0.6) is 6.01 Å². The molecule has 14 heavy (non-hydrogen) atoms. The Bertz CT molecular complexity index is 379. The van der Waals surface area contributed by atoms with Gasteiger partial charge in [0.25, 0.3) is 0 Å². The van der Waals surface area contributed by atoms with Crippen molar-refractivity contribution in [2.24, 2.45) is 14.1 Å². The second-order valence-electron chi connectivity index (χ2n) is 2.65. The summed E-state index contributed by atoms with van der Waals surface area (Å²) in [6, 6.07) is 0.115. The Hall–Kier alpha value is -0.390. The molecule has 0 saturated carbocycles. The van der Waals surface area contributed by atoms with Crippen molar-refractivity contribution in [3.05, 3.63) is 10.5 Å². The van der Waals surface area contributed by atoms with E-state index in [0.717, 1.165) is 4.68 Å². The first-order chi connectivity index (χ1) is 6.31. The molecular weight excluding hydrogens is 252 g/mol. The van der Waals surface area contributed by atoms with Gasteiger partial charge in [0.2, 0.25) is 3.79 Å². The van der Waals surface area contributed by atoms with Gasteiger partial charge in [-0.1, -0.05) is 34.8 Å². The molecule has 0 aliphatic rings. The maximum Gasteiger partial charge on any atom is 0.348 e. The minimum atomic E-state index is -1.52. The van der Waals surface area contributed by atoms with Crippen molar-refractivity contribution in [3.63, 3.8) is 0 Å². The van der Waals surface area contributed by atoms with Crippen LogP contribution in [0.3, 0.4) is 0 Å². The highest BCUT2D eigenvalue weighted by Gasteiger charge is 2.22. The molecule has 80 valence electrons. The molecule has 8 heteroatoms. The predicted octanol–water partition coefficient (Wildman–Crippen LogP) is 0.868. The van der Waals surface area contributed by atoms with Crippen molar-refractivity contribution in [2.45, 2.75) is 3.79 Å². The molecule has 1 heterocycles. The van der Waals surface area contributed by atoms with Crippen molar-refractivity contribution in [1.82, 2.24) is 14.3 Å². The van der Waals surface area contributed by atoms with Crippen LogP contribution in [0.25, 0.3) is 0 Å². The molecule has 0 saturated heterocycles. The number of hydrogen-bond donors (Lipinski definition) is 0. The van der Waals surface area contributed by atoms with Gasteiger partial charge >= 0.3 is 11.7 Å². The summed E-state index contributed by atoms with van der Waals surface area (Å²) >= 11 is 16.4. The quantitative estimate of drug-likeness (QED) is 0.741. The van der Waals surface area contributed by atoms with E-state index < -0.39 is 3.79 Å². The van der Waals surface area contributed by atoms with Gasteiger partial charge in [-0.2, -0.15) is 0 Å². The summed E-state index contributed by atoms with van der Waals surface area (Å²) < 4.78 is 5.87. The Labute approximate surface area is 95.1 Å². The van der Waals surface area contributed by atoms with Crippen molar-refractivity contribution < 1.29 is 4.74 Å². The Morgan fingerprint density at radius 2 is 2.00 bits per heavy atom. The summed E-state index contributed by atoms with van der Waals surface area (Å²) in [5, 5.41) is 3.78. The lowest BCUT2D eigenvalue weighted by molar-refractivity contribution is 0.287. The van der Waals surface area contributed by atoms with E-state index in [9.17, 15) is 4.79 Å². The van der Waals surface area contributed by atoms with Gasteiger partial charge in [0.1, 0.15) is 6.61 Å². The normalized spacial score (nSPS) is 11.8. The predicted molar refractivity (Wildman–Crippen MR) is 54.2 cm³/mol. The fourth-order valence-corrected chi connectivity index (χ4v) is 0.973. The first-order valence-electron chi connectivity index (χ1n) is 3.61. The van der Waals surface area contributed by atoms with Gasteiger partial charge in [0.05, 0.1) is 0 Å². The van der Waals surface area contributed by atoms with Crippen LogP contribution in [0.1, 0.15) is 0 Å². The Morgan fingerprint density at radius 1 is 1.43 bits per heavy atom. The minimum absolute atomic E-state index is 0.115. The summed E-state index contributed by atoms with van der Waals surface area (Å²) in [4.78, 5) is 11.2. The Morgan fingerprint density at radius 3 is 2.36 bits per heavy atom. The fourth-order valence-electron chi connectivity index (χ4n) is 0.809. The zero-order chi connectivity index (χ0) is 10.9.